The molecular formula is C9H18BrNOS. The Bertz CT molecular complexity index is 186. The van der Waals surface area contributed by atoms with Gasteiger partial charge in [0.2, 0.25) is 0 Å². The van der Waals surface area contributed by atoms with E-state index in [-0.39, 0.29) is 0 Å². The molecule has 1 aliphatic heterocycles. The highest BCUT2D eigenvalue weighted by Crippen LogP contribution is 2.20. The van der Waals surface area contributed by atoms with Gasteiger partial charge in [-0.3, -0.25) is 4.21 Å². The lowest BCUT2D eigenvalue weighted by Crippen LogP contribution is -2.43. The van der Waals surface area contributed by atoms with Crippen molar-refractivity contribution < 1.29 is 4.21 Å². The normalized spacial score (nSPS) is 22.1. The number of alkyl halides is 1. The first kappa shape index (κ1) is 11.7. The lowest BCUT2D eigenvalue weighted by atomic mass is 9.96. The predicted octanol–water partition coefficient (Wildman–Crippen LogP) is 1.47. The Labute approximate surface area is 91.7 Å². The van der Waals surface area contributed by atoms with Crippen LogP contribution >= 0.6 is 15.9 Å². The van der Waals surface area contributed by atoms with Crippen LogP contribution in [0.15, 0.2) is 0 Å². The molecule has 2 nitrogen and oxygen atoms in total. The molecule has 0 aromatic rings. The van der Waals surface area contributed by atoms with Gasteiger partial charge in [0.05, 0.1) is 0 Å². The third-order valence-corrected chi connectivity index (χ3v) is 5.08. The number of hydrogen-bond acceptors (Lipinski definition) is 2. The van der Waals surface area contributed by atoms with Gasteiger partial charge in [-0.05, 0) is 5.41 Å². The van der Waals surface area contributed by atoms with E-state index in [1.54, 1.807) is 0 Å². The molecule has 1 fully saturated rings. The van der Waals surface area contributed by atoms with E-state index in [0.717, 1.165) is 36.5 Å². The van der Waals surface area contributed by atoms with Gasteiger partial charge in [-0.15, -0.1) is 0 Å². The van der Waals surface area contributed by atoms with Crippen LogP contribution in [0.2, 0.25) is 0 Å². The summed E-state index contributed by atoms with van der Waals surface area (Å²) < 4.78 is 11.1. The van der Waals surface area contributed by atoms with Crippen LogP contribution in [0.1, 0.15) is 13.8 Å². The van der Waals surface area contributed by atoms with Gasteiger partial charge in [-0.2, -0.15) is 0 Å². The molecule has 0 unspecified atom stereocenters. The summed E-state index contributed by atoms with van der Waals surface area (Å²) >= 11 is 3.52. The fraction of sp³-hybridized carbons (Fsp3) is 1.00. The van der Waals surface area contributed by atoms with Crippen molar-refractivity contribution in [1.82, 2.24) is 4.90 Å². The molecule has 0 N–H and O–H groups in total. The van der Waals surface area contributed by atoms with Gasteiger partial charge in [-0.25, -0.2) is 0 Å². The lowest BCUT2D eigenvalue weighted by Gasteiger charge is -2.33. The molecule has 78 valence electrons. The van der Waals surface area contributed by atoms with E-state index < -0.39 is 10.8 Å². The first-order valence-electron chi connectivity index (χ1n) is 4.67. The molecule has 0 amide bonds. The summed E-state index contributed by atoms with van der Waals surface area (Å²) in [6.45, 7) is 7.63. The van der Waals surface area contributed by atoms with Crippen LogP contribution in [0, 0.1) is 5.41 Å². The molecule has 0 saturated carbocycles. The Hall–Kier alpha value is 0.590. The number of halogens is 1. The Balaban J connectivity index is 2.34. The molecule has 0 bridgehead atoms. The van der Waals surface area contributed by atoms with Crippen molar-refractivity contribution in [3.63, 3.8) is 0 Å². The van der Waals surface area contributed by atoms with E-state index >= 15 is 0 Å². The first-order chi connectivity index (χ1) is 6.03. The SMILES string of the molecule is CC(C)(CBr)CN1CCS(=O)CC1. The third-order valence-electron chi connectivity index (χ3n) is 2.28. The second kappa shape index (κ2) is 4.89. The maximum atomic E-state index is 11.1. The largest absolute Gasteiger partial charge is 0.301 e. The van der Waals surface area contributed by atoms with Crippen molar-refractivity contribution in [2.75, 3.05) is 36.5 Å². The molecule has 1 rings (SSSR count). The summed E-state index contributed by atoms with van der Waals surface area (Å²) in [5.74, 6) is 1.72. The molecular weight excluding hydrogens is 250 g/mol. The van der Waals surface area contributed by atoms with Crippen LogP contribution in [-0.2, 0) is 10.8 Å². The van der Waals surface area contributed by atoms with E-state index in [9.17, 15) is 4.21 Å². The van der Waals surface area contributed by atoms with E-state index in [1.165, 1.54) is 0 Å². The van der Waals surface area contributed by atoms with Crippen LogP contribution in [0.5, 0.6) is 0 Å². The van der Waals surface area contributed by atoms with E-state index in [1.807, 2.05) is 0 Å². The van der Waals surface area contributed by atoms with Crippen molar-refractivity contribution in [2.45, 2.75) is 13.8 Å². The second-order valence-electron chi connectivity index (χ2n) is 4.42. The molecule has 0 radical (unpaired) electrons. The highest BCUT2D eigenvalue weighted by Gasteiger charge is 2.23. The maximum absolute atomic E-state index is 11.1. The molecule has 0 aliphatic carbocycles. The highest BCUT2D eigenvalue weighted by molar-refractivity contribution is 9.09. The van der Waals surface area contributed by atoms with Crippen LogP contribution in [-0.4, -0.2) is 45.6 Å². The van der Waals surface area contributed by atoms with E-state index in [2.05, 4.69) is 34.7 Å². The van der Waals surface area contributed by atoms with Crippen molar-refractivity contribution in [1.29, 1.82) is 0 Å². The van der Waals surface area contributed by atoms with Crippen LogP contribution in [0.4, 0.5) is 0 Å². The van der Waals surface area contributed by atoms with Gasteiger partial charge in [0.1, 0.15) is 0 Å². The highest BCUT2D eigenvalue weighted by atomic mass is 79.9. The zero-order chi connectivity index (χ0) is 9.90. The molecule has 1 heterocycles. The van der Waals surface area contributed by atoms with Crippen LogP contribution < -0.4 is 0 Å². The smallest absolute Gasteiger partial charge is 0.0363 e. The van der Waals surface area contributed by atoms with E-state index in [4.69, 9.17) is 0 Å². The zero-order valence-electron chi connectivity index (χ0n) is 8.38. The molecule has 1 aliphatic rings. The summed E-state index contributed by atoms with van der Waals surface area (Å²) in [6, 6.07) is 0. The van der Waals surface area contributed by atoms with Crippen molar-refractivity contribution in [3.8, 4) is 0 Å². The maximum Gasteiger partial charge on any atom is 0.0363 e. The van der Waals surface area contributed by atoms with Gasteiger partial charge >= 0.3 is 0 Å². The number of rotatable bonds is 3. The predicted molar refractivity (Wildman–Crippen MR) is 61.9 cm³/mol. The summed E-state index contributed by atoms with van der Waals surface area (Å²) in [7, 11) is -0.545. The van der Waals surface area contributed by atoms with Crippen molar-refractivity contribution in [2.24, 2.45) is 5.41 Å². The Morgan fingerprint density at radius 1 is 1.38 bits per heavy atom. The molecule has 4 heteroatoms. The molecule has 0 aromatic heterocycles. The number of hydrogen-bond donors (Lipinski definition) is 0. The molecule has 0 spiro atoms. The summed E-state index contributed by atoms with van der Waals surface area (Å²) in [4.78, 5) is 2.42. The van der Waals surface area contributed by atoms with Crippen molar-refractivity contribution in [3.05, 3.63) is 0 Å². The summed E-state index contributed by atoms with van der Waals surface area (Å²) in [6.07, 6.45) is 0. The average Bonchev–Trinajstić information content (AvgIpc) is 2.09. The monoisotopic (exact) mass is 267 g/mol. The first-order valence-corrected chi connectivity index (χ1v) is 7.28. The van der Waals surface area contributed by atoms with Gasteiger partial charge in [0.25, 0.3) is 0 Å². The average molecular weight is 268 g/mol. The zero-order valence-corrected chi connectivity index (χ0v) is 10.8. The van der Waals surface area contributed by atoms with Crippen LogP contribution in [0.25, 0.3) is 0 Å². The number of nitrogens with zero attached hydrogens (tertiary/aromatic N) is 1. The molecule has 1 saturated heterocycles. The minimum absolute atomic E-state index is 0.332. The fourth-order valence-electron chi connectivity index (χ4n) is 1.48. The Kier molecular flexibility index (Phi) is 4.39. The third kappa shape index (κ3) is 4.09. The lowest BCUT2D eigenvalue weighted by molar-refractivity contribution is 0.210. The van der Waals surface area contributed by atoms with Crippen LogP contribution in [0.3, 0.4) is 0 Å². The quantitative estimate of drug-likeness (QED) is 0.722. The Morgan fingerprint density at radius 3 is 2.38 bits per heavy atom. The summed E-state index contributed by atoms with van der Waals surface area (Å²) in [5.41, 5.74) is 0.332. The standard InChI is InChI=1S/C9H18BrNOS/c1-9(2,7-10)8-11-3-5-13(12)6-4-11/h3-8H2,1-2H3. The fourth-order valence-corrected chi connectivity index (χ4v) is 2.79. The molecule has 0 atom stereocenters. The topological polar surface area (TPSA) is 20.3 Å². The van der Waals surface area contributed by atoms with Gasteiger partial charge in [0, 0.05) is 47.3 Å². The minimum Gasteiger partial charge on any atom is -0.301 e. The van der Waals surface area contributed by atoms with Crippen molar-refractivity contribution >= 4 is 26.7 Å². The van der Waals surface area contributed by atoms with Gasteiger partial charge < -0.3 is 4.90 Å². The van der Waals surface area contributed by atoms with Gasteiger partial charge in [0.15, 0.2) is 0 Å². The molecule has 13 heavy (non-hydrogen) atoms. The van der Waals surface area contributed by atoms with E-state index in [0.29, 0.717) is 5.41 Å². The molecule has 0 aromatic carbocycles. The minimum atomic E-state index is -0.545. The Morgan fingerprint density at radius 2 is 1.92 bits per heavy atom. The second-order valence-corrected chi connectivity index (χ2v) is 6.68. The van der Waals surface area contributed by atoms with Gasteiger partial charge in [-0.1, -0.05) is 29.8 Å². The summed E-state index contributed by atoms with van der Waals surface area (Å²) in [5, 5.41) is 1.03.